The lowest BCUT2D eigenvalue weighted by Crippen LogP contribution is -2.33. The van der Waals surface area contributed by atoms with Crippen LogP contribution in [0.25, 0.3) is 4.91 Å². The van der Waals surface area contributed by atoms with Crippen molar-refractivity contribution in [3.8, 4) is 0 Å². The zero-order valence-corrected chi connectivity index (χ0v) is 72.7. The molecular weight excluding hydrogens is 1480 g/mol. The van der Waals surface area contributed by atoms with Gasteiger partial charge in [-0.2, -0.15) is 0 Å². The van der Waals surface area contributed by atoms with Crippen LogP contribution in [-0.2, 0) is 0 Å². The van der Waals surface area contributed by atoms with E-state index in [0.29, 0.717) is 26.9 Å². The Kier molecular flexibility index (Phi) is 35.5. The number of rotatable bonds is 13. The summed E-state index contributed by atoms with van der Waals surface area (Å²) >= 11 is 10.7. The molecule has 12 aliphatic rings. The number of nitrogens with zero attached hydrogens (tertiary/aromatic N) is 5. The highest BCUT2D eigenvalue weighted by Gasteiger charge is 2.45. The van der Waals surface area contributed by atoms with Crippen LogP contribution in [0, 0.1) is 76.0 Å². The van der Waals surface area contributed by atoms with E-state index in [4.69, 9.17) is 0 Å². The summed E-state index contributed by atoms with van der Waals surface area (Å²) in [5, 5.41) is 3.09. The van der Waals surface area contributed by atoms with Gasteiger partial charge in [0.05, 0.1) is 26.9 Å². The number of hydrogen-bond donors (Lipinski definition) is 0. The first-order valence-corrected chi connectivity index (χ1v) is 47.6. The third kappa shape index (κ3) is 20.8. The predicted octanol–water partition coefficient (Wildman–Crippen LogP) is 33.6. The van der Waals surface area contributed by atoms with Crippen molar-refractivity contribution in [1.82, 2.24) is 0 Å². The Bertz CT molecular complexity index is 4090. The monoisotopic (exact) mass is 1630 g/mol. The fourth-order valence-electron chi connectivity index (χ4n) is 20.8. The van der Waals surface area contributed by atoms with E-state index in [9.17, 15) is 0 Å². The molecule has 7 aliphatic carbocycles. The molecule has 0 saturated heterocycles. The lowest BCUT2D eigenvalue weighted by Gasteiger charge is -2.33. The second-order valence-electron chi connectivity index (χ2n) is 34.3. The lowest BCUT2D eigenvalue weighted by molar-refractivity contribution is 0.413. The smallest absolute Gasteiger partial charge is 0.0871 e. The van der Waals surface area contributed by atoms with Crippen molar-refractivity contribution in [2.24, 2.45) is 41.4 Å². The van der Waals surface area contributed by atoms with Gasteiger partial charge >= 0.3 is 0 Å². The first kappa shape index (κ1) is 92.6. The summed E-state index contributed by atoms with van der Waals surface area (Å²) in [6, 6.07) is 55.3. The minimum atomic E-state index is 0. The molecule has 622 valence electrons. The molecule has 7 fully saturated rings. The number of thioether (sulfide) groups is 5. The Hall–Kier alpha value is -5.23. The van der Waals surface area contributed by atoms with Gasteiger partial charge in [0, 0.05) is 81.4 Å². The first-order chi connectivity index (χ1) is 53.1. The van der Waals surface area contributed by atoms with Gasteiger partial charge in [0.25, 0.3) is 0 Å². The van der Waals surface area contributed by atoms with E-state index in [-0.39, 0.29) is 37.1 Å². The summed E-state index contributed by atoms with van der Waals surface area (Å²) in [6.45, 7) is 27.5. The normalized spacial score (nSPS) is 23.8. The number of para-hydroxylation sites is 5. The molecule has 5 atom stereocenters. The van der Waals surface area contributed by atoms with Gasteiger partial charge in [-0.1, -0.05) is 267 Å². The first-order valence-electron chi connectivity index (χ1n) is 43.2. The molecule has 0 bridgehead atoms. The molecule has 10 heteroatoms. The Morgan fingerprint density at radius 3 is 0.719 bits per heavy atom. The van der Waals surface area contributed by atoms with Crippen molar-refractivity contribution in [3.63, 3.8) is 0 Å². The van der Waals surface area contributed by atoms with Gasteiger partial charge in [0.2, 0.25) is 0 Å². The van der Waals surface area contributed by atoms with Crippen LogP contribution in [0.3, 0.4) is 0 Å². The van der Waals surface area contributed by atoms with Crippen LogP contribution in [0.15, 0.2) is 200 Å². The van der Waals surface area contributed by atoms with Crippen LogP contribution >= 0.6 is 58.8 Å². The van der Waals surface area contributed by atoms with Crippen molar-refractivity contribution in [2.75, 3.05) is 24.5 Å². The highest BCUT2D eigenvalue weighted by Crippen LogP contribution is 2.58. The molecule has 5 nitrogen and oxygen atoms in total. The summed E-state index contributed by atoms with van der Waals surface area (Å²) in [5.74, 6) is 5.93. The third-order valence-electron chi connectivity index (χ3n) is 27.1. The molecular formula is C104H151N5S5. The van der Waals surface area contributed by atoms with E-state index >= 15 is 0 Å². The highest BCUT2D eigenvalue weighted by atomic mass is 32.2. The van der Waals surface area contributed by atoms with Crippen molar-refractivity contribution < 1.29 is 0 Å². The fraction of sp³-hybridized carbons (Fsp3) is 0.558. The van der Waals surface area contributed by atoms with Crippen molar-refractivity contribution >= 4 is 92.2 Å². The molecule has 0 radical (unpaired) electrons. The zero-order chi connectivity index (χ0) is 75.7. The van der Waals surface area contributed by atoms with Gasteiger partial charge in [-0.25, -0.2) is 0 Å². The molecule has 6 aromatic rings. The summed E-state index contributed by atoms with van der Waals surface area (Å²) in [7, 11) is 0. The third-order valence-corrected chi connectivity index (χ3v) is 35.1. The van der Waals surface area contributed by atoms with E-state index in [1.54, 1.807) is 21.2 Å². The van der Waals surface area contributed by atoms with Crippen LogP contribution in [0.1, 0.15) is 305 Å². The minimum Gasteiger partial charge on any atom is -0.331 e. The molecule has 0 amide bonds. The Labute approximate surface area is 718 Å². The van der Waals surface area contributed by atoms with Gasteiger partial charge in [0.15, 0.2) is 0 Å². The number of anilines is 5. The van der Waals surface area contributed by atoms with Gasteiger partial charge in [-0.05, 0) is 278 Å². The lowest BCUT2D eigenvalue weighted by atomic mass is 9.88. The molecule has 0 aromatic heterocycles. The Morgan fingerprint density at radius 2 is 0.439 bits per heavy atom. The minimum absolute atomic E-state index is 0. The molecule has 0 N–H and O–H groups in total. The maximum absolute atomic E-state index is 2.72. The molecule has 5 aliphatic heterocycles. The van der Waals surface area contributed by atoms with Gasteiger partial charge in [-0.3, -0.25) is 0 Å². The molecule has 5 heterocycles. The summed E-state index contributed by atoms with van der Waals surface area (Å²) in [4.78, 5) is 21.2. The molecule has 5 unspecified atom stereocenters. The van der Waals surface area contributed by atoms with E-state index in [2.05, 4.69) is 318 Å². The van der Waals surface area contributed by atoms with Crippen molar-refractivity contribution in [2.45, 2.75) is 333 Å². The quantitative estimate of drug-likeness (QED) is 0.111. The van der Waals surface area contributed by atoms with E-state index < -0.39 is 0 Å². The van der Waals surface area contributed by atoms with E-state index in [1.807, 2.05) is 0 Å². The standard InChI is InChI=1S/C22H31NS.C22H25NS.C21H29NS.2C17H23NS.5CH4/c2*1-16-10-6-9-15-20(16)23-17(2)21(18-11-4-3-5-12-18)24-22(23)19-13-7-8-14-19;1-15-9-3-8-14-19(15)22-16(2)20(17-10-4-5-11-17)23-21(22)18-12-6-7-13-18;2*1-12-8-4-7-11-16(12)18-13(2)14(3)19-17(18)15-9-5-6-10-15;;;;;/h6,9-10,15,18-19,22H,3-5,7-8,11-14H2,1-2H3;3-6,9-12,15,19,22H,7-8,13-14H2,1-2H3;3,8-9,14,17-18,21H,4-7,10-13H2,1-2H3;2*4,7-8,11,15,17H,5-6,9-10H2,1-3H3;5*1H4. The van der Waals surface area contributed by atoms with Crippen molar-refractivity contribution in [3.05, 3.63) is 233 Å². The maximum atomic E-state index is 2.72. The van der Waals surface area contributed by atoms with Crippen LogP contribution in [0.2, 0.25) is 0 Å². The average molecular weight is 1630 g/mol. The van der Waals surface area contributed by atoms with Crippen LogP contribution < -0.4 is 24.5 Å². The molecule has 7 saturated carbocycles. The number of allylic oxidation sites excluding steroid dienone is 9. The van der Waals surface area contributed by atoms with Crippen LogP contribution in [-0.4, -0.2) is 26.9 Å². The van der Waals surface area contributed by atoms with E-state index in [0.717, 1.165) is 41.4 Å². The molecule has 6 aromatic carbocycles. The number of aryl methyl sites for hydroxylation is 5. The second-order valence-corrected chi connectivity index (χ2v) is 40.4. The largest absolute Gasteiger partial charge is 0.331 e. The SMILES string of the molecule is C.C.C.C.C.CC1=C(C)N(c2ccccc2C)C(C2CCCC2)S1.CC1=C(C)N(c2ccccc2C)C(C2CCCC2)S1.CC1=C(C2CCCC2)SC(C2CCCC2)N1c1ccccc1C.CC1=C(C2CCCCC2)SC(C2CCCC2)N1c1ccccc1C.CC1=C(c2ccccc2)SC(C2CCCC2)N1c1ccccc1C. The summed E-state index contributed by atoms with van der Waals surface area (Å²) in [6.07, 6.45) is 41.1. The van der Waals surface area contributed by atoms with Crippen molar-refractivity contribution in [1.29, 1.82) is 0 Å². The van der Waals surface area contributed by atoms with E-state index in [1.165, 1.54) is 280 Å². The maximum Gasteiger partial charge on any atom is 0.0871 e. The van der Waals surface area contributed by atoms with Crippen LogP contribution in [0.4, 0.5) is 28.4 Å². The topological polar surface area (TPSA) is 16.2 Å². The molecule has 114 heavy (non-hydrogen) atoms. The second kappa shape index (κ2) is 43.6. The fourth-order valence-corrected chi connectivity index (χ4v) is 28.9. The zero-order valence-electron chi connectivity index (χ0n) is 68.6. The Morgan fingerprint density at radius 1 is 0.219 bits per heavy atom. The summed E-state index contributed by atoms with van der Waals surface area (Å²) in [5.41, 5.74) is 22.9. The van der Waals surface area contributed by atoms with Gasteiger partial charge < -0.3 is 24.5 Å². The summed E-state index contributed by atoms with van der Waals surface area (Å²) < 4.78 is 0. The predicted molar refractivity (Wildman–Crippen MR) is 518 cm³/mol. The number of hydrogen-bond acceptors (Lipinski definition) is 10. The van der Waals surface area contributed by atoms with Gasteiger partial charge in [0.1, 0.15) is 0 Å². The Balaban J connectivity index is 0.000000162. The van der Waals surface area contributed by atoms with Gasteiger partial charge in [-0.15, -0.1) is 47.0 Å². The molecule has 0 spiro atoms. The average Bonchev–Trinajstić information content (AvgIpc) is 1.65. The number of benzene rings is 6. The molecule has 18 rings (SSSR count). The van der Waals surface area contributed by atoms with Crippen LogP contribution in [0.5, 0.6) is 0 Å². The highest BCUT2D eigenvalue weighted by molar-refractivity contribution is 8.09.